The number of nitrogens with two attached hydrogens (primary N) is 1. The van der Waals surface area contributed by atoms with Gasteiger partial charge in [0.25, 0.3) is 0 Å². The average Bonchev–Trinajstić information content (AvgIpc) is 3.18. The third-order valence-corrected chi connectivity index (χ3v) is 7.49. The van der Waals surface area contributed by atoms with E-state index in [0.717, 1.165) is 18.7 Å². The molecule has 2 aliphatic heterocycles. The number of carboxylic acids is 2. The van der Waals surface area contributed by atoms with Crippen LogP contribution in [0.5, 0.6) is 0 Å². The number of carboxylic acid groups (broad SMARTS) is 2. The standard InChI is InChI=1S/C22H33N5O13S/c1-8(29)25-16-18(35)17(34)11(6-28)40-21(16)27-14(31)4-12(20(27)37)41-7-10(19(36)24-5-15(32)33)26-13(30)3-2-9(23)22(38)39/h9-12,16-18,21,28,34-35H,2-7,23H2,1H3,(H,24,36)(H,25,29)(H,26,30)(H,32,33)(H,38,39)/t9-,10-,11+,12?,16+,17+,18+,21+/m0/s1. The van der Waals surface area contributed by atoms with E-state index < -0.39 is 109 Å². The number of rotatable bonds is 14. The molecule has 0 spiro atoms. The van der Waals surface area contributed by atoms with Crippen molar-refractivity contribution in [3.8, 4) is 0 Å². The monoisotopic (exact) mass is 607 g/mol. The van der Waals surface area contributed by atoms with Gasteiger partial charge in [-0.1, -0.05) is 0 Å². The zero-order valence-electron chi connectivity index (χ0n) is 21.8. The maximum absolute atomic E-state index is 13.2. The molecule has 0 radical (unpaired) electrons. The lowest BCUT2D eigenvalue weighted by Crippen LogP contribution is -2.68. The second-order valence-corrected chi connectivity index (χ2v) is 10.5. The van der Waals surface area contributed by atoms with Gasteiger partial charge in [0.1, 0.15) is 43.0 Å². The lowest BCUT2D eigenvalue weighted by molar-refractivity contribution is -0.228. The van der Waals surface area contributed by atoms with E-state index in [1.165, 1.54) is 0 Å². The van der Waals surface area contributed by atoms with Gasteiger partial charge in [-0.3, -0.25) is 38.5 Å². The van der Waals surface area contributed by atoms with Crippen molar-refractivity contribution in [2.24, 2.45) is 5.73 Å². The maximum Gasteiger partial charge on any atom is 0.322 e. The van der Waals surface area contributed by atoms with Gasteiger partial charge in [-0.15, -0.1) is 11.8 Å². The highest BCUT2D eigenvalue weighted by Crippen LogP contribution is 2.32. The smallest absolute Gasteiger partial charge is 0.322 e. The number of imide groups is 1. The molecule has 0 aliphatic carbocycles. The Morgan fingerprint density at radius 2 is 1.80 bits per heavy atom. The highest BCUT2D eigenvalue weighted by Gasteiger charge is 2.53. The van der Waals surface area contributed by atoms with E-state index in [4.69, 9.17) is 20.7 Å². The van der Waals surface area contributed by atoms with Crippen LogP contribution >= 0.6 is 11.8 Å². The van der Waals surface area contributed by atoms with Gasteiger partial charge < -0.3 is 52.0 Å². The van der Waals surface area contributed by atoms with Crippen LogP contribution in [0.1, 0.15) is 26.2 Å². The Morgan fingerprint density at radius 3 is 2.37 bits per heavy atom. The van der Waals surface area contributed by atoms with Crippen molar-refractivity contribution < 1.29 is 63.8 Å². The van der Waals surface area contributed by atoms with Crippen molar-refractivity contribution in [1.82, 2.24) is 20.9 Å². The van der Waals surface area contributed by atoms with Crippen LogP contribution in [-0.4, -0.2) is 139 Å². The molecule has 2 aliphatic rings. The SMILES string of the molecule is CC(=O)N[C@@H]1[C@@H](O)[C@H](O)[C@@H](CO)O[C@H]1N1C(=O)CC(SC[C@H](NC(=O)CC[C@H](N)C(=O)O)C(=O)NCC(=O)O)C1=O. The van der Waals surface area contributed by atoms with E-state index in [1.54, 1.807) is 0 Å². The van der Waals surface area contributed by atoms with Crippen LogP contribution in [0.2, 0.25) is 0 Å². The number of hydrogen-bond donors (Lipinski definition) is 9. The van der Waals surface area contributed by atoms with E-state index >= 15 is 0 Å². The second kappa shape index (κ2) is 15.0. The number of amides is 5. The van der Waals surface area contributed by atoms with Gasteiger partial charge in [-0.2, -0.15) is 0 Å². The van der Waals surface area contributed by atoms with Crippen molar-refractivity contribution in [2.45, 2.75) is 74.1 Å². The molecule has 0 bridgehead atoms. The summed E-state index contributed by atoms with van der Waals surface area (Å²) in [5, 5.41) is 53.5. The Kier molecular flexibility index (Phi) is 12.4. The molecule has 2 heterocycles. The number of nitrogens with one attached hydrogen (secondary N) is 3. The molecule has 2 fully saturated rings. The van der Waals surface area contributed by atoms with Gasteiger partial charge in [-0.25, -0.2) is 0 Å². The predicted molar refractivity (Wildman–Crippen MR) is 136 cm³/mol. The van der Waals surface area contributed by atoms with E-state index in [2.05, 4.69) is 16.0 Å². The first kappa shape index (κ1) is 33.8. The summed E-state index contributed by atoms with van der Waals surface area (Å²) in [7, 11) is 0. The number of carbonyl (C=O) groups excluding carboxylic acids is 5. The van der Waals surface area contributed by atoms with Gasteiger partial charge in [0.15, 0.2) is 6.23 Å². The molecule has 1 unspecified atom stereocenters. The number of ether oxygens (including phenoxy) is 1. The summed E-state index contributed by atoms with van der Waals surface area (Å²) in [4.78, 5) is 85.0. The van der Waals surface area contributed by atoms with Crippen LogP contribution in [0.4, 0.5) is 0 Å². The molecule has 0 aromatic rings. The predicted octanol–water partition coefficient (Wildman–Crippen LogP) is -5.33. The first-order valence-corrected chi connectivity index (χ1v) is 13.4. The topological polar surface area (TPSA) is 295 Å². The summed E-state index contributed by atoms with van der Waals surface area (Å²) in [6, 6.07) is -4.16. The van der Waals surface area contributed by atoms with Gasteiger partial charge in [-0.05, 0) is 6.42 Å². The molecular weight excluding hydrogens is 574 g/mol. The fourth-order valence-corrected chi connectivity index (χ4v) is 5.26. The van der Waals surface area contributed by atoms with Crippen LogP contribution in [0.15, 0.2) is 0 Å². The average molecular weight is 608 g/mol. The summed E-state index contributed by atoms with van der Waals surface area (Å²) in [6.45, 7) is -0.460. The number of aliphatic hydroxyl groups is 3. The molecule has 8 atom stereocenters. The Bertz CT molecular complexity index is 1050. The molecule has 5 amide bonds. The molecule has 0 saturated carbocycles. The molecule has 41 heavy (non-hydrogen) atoms. The molecule has 0 aromatic carbocycles. The second-order valence-electron chi connectivity index (χ2n) is 9.30. The first-order chi connectivity index (χ1) is 19.2. The Labute approximate surface area is 236 Å². The normalized spacial score (nSPS) is 27.6. The van der Waals surface area contributed by atoms with E-state index in [9.17, 15) is 48.9 Å². The molecule has 230 valence electrons. The van der Waals surface area contributed by atoms with Gasteiger partial charge in [0, 0.05) is 25.5 Å². The highest BCUT2D eigenvalue weighted by atomic mass is 32.2. The highest BCUT2D eigenvalue weighted by molar-refractivity contribution is 8.00. The lowest BCUT2D eigenvalue weighted by atomic mass is 9.95. The van der Waals surface area contributed by atoms with E-state index in [0.29, 0.717) is 4.90 Å². The Hall–Kier alpha value is -3.36. The molecule has 0 aromatic heterocycles. The zero-order chi connectivity index (χ0) is 31.0. The van der Waals surface area contributed by atoms with Crippen molar-refractivity contribution in [3.63, 3.8) is 0 Å². The number of hydrogen-bond acceptors (Lipinski definition) is 13. The van der Waals surface area contributed by atoms with E-state index in [-0.39, 0.29) is 18.6 Å². The van der Waals surface area contributed by atoms with Crippen LogP contribution in [0, 0.1) is 0 Å². The summed E-state index contributed by atoms with van der Waals surface area (Å²) in [6.07, 6.45) is -7.39. The minimum Gasteiger partial charge on any atom is -0.480 e. The number of aliphatic hydroxyl groups excluding tert-OH is 3. The Balaban J connectivity index is 2.16. The fraction of sp³-hybridized carbons (Fsp3) is 0.682. The minimum absolute atomic E-state index is 0.255. The molecule has 2 rings (SSSR count). The number of carbonyl (C=O) groups is 7. The van der Waals surface area contributed by atoms with Crippen LogP contribution in [-0.2, 0) is 38.3 Å². The summed E-state index contributed by atoms with van der Waals surface area (Å²) in [5.74, 6) is -7.02. The summed E-state index contributed by atoms with van der Waals surface area (Å²) >= 11 is 0.771. The number of thioether (sulfide) groups is 1. The zero-order valence-corrected chi connectivity index (χ0v) is 22.6. The molecule has 19 heteroatoms. The van der Waals surface area contributed by atoms with E-state index in [1.807, 2.05) is 0 Å². The van der Waals surface area contributed by atoms with Crippen LogP contribution in [0.25, 0.3) is 0 Å². The molecule has 2 saturated heterocycles. The quantitative estimate of drug-likeness (QED) is 0.0833. The van der Waals surface area contributed by atoms with Gasteiger partial charge in [0.05, 0.1) is 11.9 Å². The van der Waals surface area contributed by atoms with Crippen molar-refractivity contribution >= 4 is 53.2 Å². The van der Waals surface area contributed by atoms with Crippen molar-refractivity contribution in [2.75, 3.05) is 18.9 Å². The Morgan fingerprint density at radius 1 is 1.15 bits per heavy atom. The van der Waals surface area contributed by atoms with Crippen molar-refractivity contribution in [1.29, 1.82) is 0 Å². The lowest BCUT2D eigenvalue weighted by Gasteiger charge is -2.45. The van der Waals surface area contributed by atoms with Crippen LogP contribution in [0.3, 0.4) is 0 Å². The van der Waals surface area contributed by atoms with Crippen molar-refractivity contribution in [3.05, 3.63) is 0 Å². The first-order valence-electron chi connectivity index (χ1n) is 12.3. The van der Waals surface area contributed by atoms with Gasteiger partial charge in [0.2, 0.25) is 29.5 Å². The van der Waals surface area contributed by atoms with Gasteiger partial charge >= 0.3 is 11.9 Å². The van der Waals surface area contributed by atoms with Crippen LogP contribution < -0.4 is 21.7 Å². The number of nitrogens with zero attached hydrogens (tertiary/aromatic N) is 1. The third kappa shape index (κ3) is 9.07. The number of likely N-dealkylation sites (tertiary alicyclic amines) is 1. The third-order valence-electron chi connectivity index (χ3n) is 6.20. The minimum atomic E-state index is -1.71. The molecular formula is C22H33N5O13S. The summed E-state index contributed by atoms with van der Waals surface area (Å²) < 4.78 is 5.51. The fourth-order valence-electron chi connectivity index (χ4n) is 4.09. The molecule has 10 N–H and O–H groups in total. The number of aliphatic carboxylic acids is 2. The summed E-state index contributed by atoms with van der Waals surface area (Å²) in [5.41, 5.74) is 5.37. The largest absolute Gasteiger partial charge is 0.480 e. The molecule has 18 nitrogen and oxygen atoms in total. The maximum atomic E-state index is 13.2.